The summed E-state index contributed by atoms with van der Waals surface area (Å²) in [4.78, 5) is 16.2. The smallest absolute Gasteiger partial charge is 0.238 e. The molecule has 318 valence electrons. The molecule has 3 heterocycles. The molecule has 13 rings (SSSR count). The van der Waals surface area contributed by atoms with Crippen LogP contribution < -0.4 is 0 Å². The van der Waals surface area contributed by atoms with Gasteiger partial charge in [0.25, 0.3) is 0 Å². The number of rotatable bonds is 8. The first-order valence-electron chi connectivity index (χ1n) is 23.0. The lowest BCUT2D eigenvalue weighted by Gasteiger charge is -2.13. The largest absolute Gasteiger partial charge is 0.309 e. The first-order valence-corrected chi connectivity index (χ1v) is 23.0. The Morgan fingerprint density at radius 3 is 1.03 bits per heavy atom. The zero-order chi connectivity index (χ0) is 45.0. The standard InChI is InChI=1S/C63H41N5/c1-4-18-42(19-5-1)44-22-14-24-46(36-44)48-26-16-28-50(38-48)61-64-62(51-29-17-27-49(39-51)47-25-15-23-45(37-47)43-20-6-2-7-21-43)66-63(65-61)68-58-35-13-11-33-54(58)56-40-59-55(41-60(56)68)53-32-10-12-34-57(53)67(59)52-30-8-3-9-31-52/h1-41H. The van der Waals surface area contributed by atoms with Crippen molar-refractivity contribution in [1.82, 2.24) is 24.1 Å². The fourth-order valence-electron chi connectivity index (χ4n) is 9.92. The van der Waals surface area contributed by atoms with Gasteiger partial charge in [-0.1, -0.05) is 188 Å². The van der Waals surface area contributed by atoms with Crippen molar-refractivity contribution in [2.45, 2.75) is 0 Å². The highest BCUT2D eigenvalue weighted by molar-refractivity contribution is 6.19. The fraction of sp³-hybridized carbons (Fsp3) is 0. The van der Waals surface area contributed by atoms with E-state index in [0.29, 0.717) is 17.6 Å². The van der Waals surface area contributed by atoms with Gasteiger partial charge >= 0.3 is 0 Å². The van der Waals surface area contributed by atoms with Crippen molar-refractivity contribution in [3.8, 4) is 78.9 Å². The van der Waals surface area contributed by atoms with E-state index in [9.17, 15) is 0 Å². The van der Waals surface area contributed by atoms with E-state index in [0.717, 1.165) is 77.3 Å². The predicted octanol–water partition coefficient (Wildman–Crippen LogP) is 16.1. The van der Waals surface area contributed by atoms with E-state index in [1.165, 1.54) is 27.6 Å². The van der Waals surface area contributed by atoms with Crippen molar-refractivity contribution in [3.05, 3.63) is 249 Å². The van der Waals surface area contributed by atoms with Gasteiger partial charge in [-0.15, -0.1) is 0 Å². The average Bonchev–Trinajstić information content (AvgIpc) is 3.93. The SMILES string of the molecule is c1ccc(-c2cccc(-c3cccc(-c4nc(-c5cccc(-c6cccc(-c7ccccc7)c6)c5)nc(-n5c6ccccc6c6cc7c(cc65)c5ccccc5n7-c5ccccc5)n4)c3)c2)cc1. The van der Waals surface area contributed by atoms with Crippen molar-refractivity contribution in [2.24, 2.45) is 0 Å². The third-order valence-corrected chi connectivity index (χ3v) is 13.2. The van der Waals surface area contributed by atoms with Crippen LogP contribution in [-0.4, -0.2) is 24.1 Å². The van der Waals surface area contributed by atoms with Crippen LogP contribution in [0.25, 0.3) is 123 Å². The molecule has 0 radical (unpaired) electrons. The molecule has 13 aromatic rings. The van der Waals surface area contributed by atoms with Gasteiger partial charge < -0.3 is 4.57 Å². The van der Waals surface area contributed by atoms with Crippen LogP contribution in [0.5, 0.6) is 0 Å². The van der Waals surface area contributed by atoms with Crippen molar-refractivity contribution >= 4 is 43.6 Å². The van der Waals surface area contributed by atoms with E-state index in [2.05, 4.69) is 258 Å². The molecule has 5 heteroatoms. The predicted molar refractivity (Wildman–Crippen MR) is 281 cm³/mol. The number of para-hydroxylation sites is 3. The molecule has 0 amide bonds. The number of hydrogen-bond acceptors (Lipinski definition) is 3. The van der Waals surface area contributed by atoms with Gasteiger partial charge in [0.2, 0.25) is 5.95 Å². The molecule has 0 aliphatic heterocycles. The summed E-state index contributed by atoms with van der Waals surface area (Å²) in [6.07, 6.45) is 0. The average molecular weight is 868 g/mol. The van der Waals surface area contributed by atoms with E-state index in [1.54, 1.807) is 0 Å². The zero-order valence-electron chi connectivity index (χ0n) is 36.9. The Morgan fingerprint density at radius 1 is 0.221 bits per heavy atom. The maximum absolute atomic E-state index is 5.43. The van der Waals surface area contributed by atoms with Crippen LogP contribution in [0.3, 0.4) is 0 Å². The lowest BCUT2D eigenvalue weighted by atomic mass is 9.97. The molecular formula is C63H41N5. The molecule has 0 saturated heterocycles. The molecule has 0 saturated carbocycles. The lowest BCUT2D eigenvalue weighted by Crippen LogP contribution is -2.06. The number of fused-ring (bicyclic) bond motifs is 6. The van der Waals surface area contributed by atoms with Crippen LogP contribution in [0.1, 0.15) is 0 Å². The molecule has 0 aliphatic rings. The topological polar surface area (TPSA) is 48.5 Å². The van der Waals surface area contributed by atoms with Crippen LogP contribution in [0.2, 0.25) is 0 Å². The normalized spacial score (nSPS) is 11.5. The van der Waals surface area contributed by atoms with Crippen LogP contribution in [0.4, 0.5) is 0 Å². The highest BCUT2D eigenvalue weighted by atomic mass is 15.2. The Hall–Kier alpha value is -9.19. The number of aromatic nitrogens is 5. The molecule has 0 bridgehead atoms. The van der Waals surface area contributed by atoms with Crippen LogP contribution in [0.15, 0.2) is 249 Å². The van der Waals surface area contributed by atoms with Crippen LogP contribution in [0, 0.1) is 0 Å². The van der Waals surface area contributed by atoms with Gasteiger partial charge in [0, 0.05) is 38.4 Å². The fourth-order valence-corrected chi connectivity index (χ4v) is 9.92. The van der Waals surface area contributed by atoms with Gasteiger partial charge in [-0.25, -0.2) is 4.98 Å². The Kier molecular flexibility index (Phi) is 9.43. The molecule has 0 N–H and O–H groups in total. The van der Waals surface area contributed by atoms with E-state index >= 15 is 0 Å². The summed E-state index contributed by atoms with van der Waals surface area (Å²) in [5.74, 6) is 1.74. The van der Waals surface area contributed by atoms with Crippen molar-refractivity contribution in [1.29, 1.82) is 0 Å². The zero-order valence-corrected chi connectivity index (χ0v) is 36.9. The maximum Gasteiger partial charge on any atom is 0.238 e. The highest BCUT2D eigenvalue weighted by Crippen LogP contribution is 2.40. The minimum atomic E-state index is 0.551. The van der Waals surface area contributed by atoms with Crippen molar-refractivity contribution in [3.63, 3.8) is 0 Å². The van der Waals surface area contributed by atoms with E-state index in [4.69, 9.17) is 15.0 Å². The van der Waals surface area contributed by atoms with Crippen molar-refractivity contribution in [2.75, 3.05) is 0 Å². The third-order valence-electron chi connectivity index (χ3n) is 13.2. The summed E-state index contributed by atoms with van der Waals surface area (Å²) in [5.41, 5.74) is 16.4. The third kappa shape index (κ3) is 6.84. The first kappa shape index (κ1) is 39.2. The molecule has 5 nitrogen and oxygen atoms in total. The minimum absolute atomic E-state index is 0.551. The second-order valence-electron chi connectivity index (χ2n) is 17.3. The molecule has 10 aromatic carbocycles. The minimum Gasteiger partial charge on any atom is -0.309 e. The second kappa shape index (κ2) is 16.4. The van der Waals surface area contributed by atoms with Crippen LogP contribution >= 0.6 is 0 Å². The molecular weight excluding hydrogens is 827 g/mol. The summed E-state index contributed by atoms with van der Waals surface area (Å²) in [7, 11) is 0. The summed E-state index contributed by atoms with van der Waals surface area (Å²) in [5, 5.41) is 4.59. The molecule has 0 unspecified atom stereocenters. The Bertz CT molecular complexity index is 3870. The Morgan fingerprint density at radius 2 is 0.559 bits per heavy atom. The molecule has 68 heavy (non-hydrogen) atoms. The Labute approximate surface area is 393 Å². The van der Waals surface area contributed by atoms with Crippen molar-refractivity contribution < 1.29 is 0 Å². The molecule has 3 aromatic heterocycles. The first-order chi connectivity index (χ1) is 33.7. The molecule has 0 fully saturated rings. The van der Waals surface area contributed by atoms with Gasteiger partial charge in [-0.3, -0.25) is 4.57 Å². The highest BCUT2D eigenvalue weighted by Gasteiger charge is 2.21. The van der Waals surface area contributed by atoms with E-state index in [-0.39, 0.29) is 0 Å². The number of benzene rings is 10. The summed E-state index contributed by atoms with van der Waals surface area (Å²) in [6.45, 7) is 0. The van der Waals surface area contributed by atoms with E-state index < -0.39 is 0 Å². The maximum atomic E-state index is 5.43. The Balaban J connectivity index is 1.03. The van der Waals surface area contributed by atoms with Gasteiger partial charge in [0.1, 0.15) is 0 Å². The van der Waals surface area contributed by atoms with Gasteiger partial charge in [-0.05, 0) is 105 Å². The monoisotopic (exact) mass is 867 g/mol. The summed E-state index contributed by atoms with van der Waals surface area (Å²) < 4.78 is 4.61. The number of hydrogen-bond donors (Lipinski definition) is 0. The van der Waals surface area contributed by atoms with Gasteiger partial charge in [0.15, 0.2) is 11.6 Å². The van der Waals surface area contributed by atoms with Crippen LogP contribution in [-0.2, 0) is 0 Å². The summed E-state index contributed by atoms with van der Waals surface area (Å²) in [6, 6.07) is 88.2. The van der Waals surface area contributed by atoms with Gasteiger partial charge in [-0.2, -0.15) is 9.97 Å². The quantitative estimate of drug-likeness (QED) is 0.153. The summed E-state index contributed by atoms with van der Waals surface area (Å²) >= 11 is 0. The van der Waals surface area contributed by atoms with Gasteiger partial charge in [0.05, 0.1) is 22.1 Å². The second-order valence-corrected chi connectivity index (χ2v) is 17.3. The van der Waals surface area contributed by atoms with E-state index in [1.807, 2.05) is 0 Å². The molecule has 0 atom stereocenters. The number of nitrogens with zero attached hydrogens (tertiary/aromatic N) is 5. The lowest BCUT2D eigenvalue weighted by molar-refractivity contribution is 0.954. The molecule has 0 spiro atoms. The molecule has 0 aliphatic carbocycles.